The fraction of sp³-hybridized carbons (Fsp3) is 0.300. The van der Waals surface area contributed by atoms with E-state index in [1.807, 2.05) is 6.92 Å². The van der Waals surface area contributed by atoms with Crippen molar-refractivity contribution in [3.05, 3.63) is 58.6 Å². The van der Waals surface area contributed by atoms with Crippen LogP contribution in [0.1, 0.15) is 24.2 Å². The van der Waals surface area contributed by atoms with E-state index < -0.39 is 23.8 Å². The summed E-state index contributed by atoms with van der Waals surface area (Å²) >= 11 is 5.93. The average Bonchev–Trinajstić information content (AvgIpc) is 3.06. The van der Waals surface area contributed by atoms with Gasteiger partial charge in [0.25, 0.3) is 0 Å². The summed E-state index contributed by atoms with van der Waals surface area (Å²) < 4.78 is 9.90. The molecule has 2 atom stereocenters. The number of carboxylic acid groups (broad SMARTS) is 2. The van der Waals surface area contributed by atoms with Gasteiger partial charge >= 0.3 is 35.3 Å². The van der Waals surface area contributed by atoms with Crippen molar-refractivity contribution >= 4 is 23.5 Å². The van der Waals surface area contributed by atoms with Crippen molar-refractivity contribution < 1.29 is 63.9 Å². The first-order chi connectivity index (χ1) is 13.7. The molecule has 1 aliphatic rings. The number of halogens is 1. The number of nitrogens with one attached hydrogen (secondary N) is 1. The Bertz CT molecular complexity index is 925. The summed E-state index contributed by atoms with van der Waals surface area (Å²) in [5.74, 6) is -7.16. The molecule has 0 bridgehead atoms. The maximum atomic E-state index is 11.2. The molecular formula is C20H18ClNNaO7-. The van der Waals surface area contributed by atoms with Gasteiger partial charge in [0.1, 0.15) is 11.9 Å². The molecule has 0 saturated carbocycles. The topological polar surface area (TPSA) is 131 Å². The molecule has 10 heteroatoms. The number of carboxylic acids is 2. The zero-order valence-electron chi connectivity index (χ0n) is 16.4. The first-order valence-electron chi connectivity index (χ1n) is 8.82. The average molecular weight is 443 g/mol. The molecule has 154 valence electrons. The van der Waals surface area contributed by atoms with Crippen molar-refractivity contribution in [3.63, 3.8) is 0 Å². The van der Waals surface area contributed by atoms with Crippen molar-refractivity contribution in [2.24, 2.45) is 0 Å². The van der Waals surface area contributed by atoms with Gasteiger partial charge in [-0.3, -0.25) is 0 Å². The van der Waals surface area contributed by atoms with Crippen LogP contribution in [0.2, 0.25) is 5.02 Å². The minimum Gasteiger partial charge on any atom is -0.542 e. The van der Waals surface area contributed by atoms with E-state index in [2.05, 4.69) is 5.32 Å². The summed E-state index contributed by atoms with van der Waals surface area (Å²) in [5, 5.41) is 36.3. The van der Waals surface area contributed by atoms with E-state index in [0.717, 1.165) is 5.56 Å². The summed E-state index contributed by atoms with van der Waals surface area (Å²) in [6.45, 7) is 2.20. The van der Waals surface area contributed by atoms with Crippen LogP contribution in [0.15, 0.2) is 42.5 Å². The van der Waals surface area contributed by atoms with Gasteiger partial charge in [-0.25, -0.2) is 0 Å². The third-order valence-corrected chi connectivity index (χ3v) is 4.72. The Balaban J connectivity index is 0.00000320. The smallest absolute Gasteiger partial charge is 0.542 e. The summed E-state index contributed by atoms with van der Waals surface area (Å²) in [5.41, 5.74) is 1.44. The fourth-order valence-corrected chi connectivity index (χ4v) is 3.19. The van der Waals surface area contributed by atoms with Crippen LogP contribution in [-0.4, -0.2) is 35.4 Å². The first kappa shape index (κ1) is 24.5. The molecule has 0 amide bonds. The molecule has 2 aromatic carbocycles. The number of rotatable bonds is 8. The van der Waals surface area contributed by atoms with Gasteiger partial charge < -0.3 is 39.7 Å². The zero-order valence-corrected chi connectivity index (χ0v) is 19.1. The second kappa shape index (κ2) is 10.00. The second-order valence-corrected chi connectivity index (χ2v) is 7.20. The van der Waals surface area contributed by atoms with Crippen molar-refractivity contribution in [2.75, 3.05) is 6.54 Å². The SMILES string of the molecule is C[C@@H](Cc1ccc2c(c1)OC(C(=O)[O-])(C(=O)[O-])O2)NC[C@H](O)c1cccc(Cl)c1.[Na+]. The first-order valence-corrected chi connectivity index (χ1v) is 9.20. The van der Waals surface area contributed by atoms with Crippen LogP contribution in [0.25, 0.3) is 0 Å². The van der Waals surface area contributed by atoms with Gasteiger partial charge in [0.2, 0.25) is 0 Å². The standard InChI is InChI=1S/C20H20ClNO7.Na/c1-11(22-10-15(23)13-3-2-4-14(21)9-13)7-12-5-6-16-17(8-12)29-20(28-16,18(24)25)19(26)27;/h2-6,8-9,11,15,22-23H,7,10H2,1H3,(H,24,25)(H,26,27);/q;+1/p-2/t11-,15-;/m0./s1. The Hall–Kier alpha value is -1.81. The van der Waals surface area contributed by atoms with Crippen LogP contribution < -0.4 is 54.6 Å². The van der Waals surface area contributed by atoms with Gasteiger partial charge in [0.05, 0.1) is 6.10 Å². The molecule has 0 aromatic heterocycles. The number of hydrogen-bond donors (Lipinski definition) is 2. The van der Waals surface area contributed by atoms with Crippen LogP contribution in [0.4, 0.5) is 0 Å². The molecule has 0 radical (unpaired) electrons. The normalized spacial score (nSPS) is 15.7. The van der Waals surface area contributed by atoms with Crippen molar-refractivity contribution in [1.82, 2.24) is 5.32 Å². The van der Waals surface area contributed by atoms with E-state index in [9.17, 15) is 24.9 Å². The number of aliphatic hydroxyl groups is 1. The second-order valence-electron chi connectivity index (χ2n) is 6.76. The zero-order chi connectivity index (χ0) is 21.2. The van der Waals surface area contributed by atoms with Gasteiger partial charge in [0, 0.05) is 17.6 Å². The van der Waals surface area contributed by atoms with Gasteiger partial charge in [0.15, 0.2) is 11.5 Å². The molecule has 30 heavy (non-hydrogen) atoms. The minimum atomic E-state index is -2.99. The van der Waals surface area contributed by atoms with Crippen LogP contribution in [0.5, 0.6) is 11.5 Å². The number of aliphatic hydroxyl groups excluding tert-OH is 1. The largest absolute Gasteiger partial charge is 1.00 e. The maximum absolute atomic E-state index is 11.2. The van der Waals surface area contributed by atoms with E-state index in [0.29, 0.717) is 23.6 Å². The van der Waals surface area contributed by atoms with Crippen LogP contribution in [0.3, 0.4) is 0 Å². The minimum absolute atomic E-state index is 0. The van der Waals surface area contributed by atoms with E-state index >= 15 is 0 Å². The number of hydrogen-bond acceptors (Lipinski definition) is 8. The van der Waals surface area contributed by atoms with E-state index in [1.54, 1.807) is 30.3 Å². The third kappa shape index (κ3) is 5.26. The van der Waals surface area contributed by atoms with Crippen LogP contribution in [-0.2, 0) is 16.0 Å². The van der Waals surface area contributed by atoms with Gasteiger partial charge in [-0.2, -0.15) is 0 Å². The Morgan fingerprint density at radius 3 is 2.43 bits per heavy atom. The molecule has 0 unspecified atom stereocenters. The fourth-order valence-electron chi connectivity index (χ4n) is 2.99. The molecule has 1 aliphatic heterocycles. The van der Waals surface area contributed by atoms with Crippen LogP contribution >= 0.6 is 11.6 Å². The van der Waals surface area contributed by atoms with Gasteiger partial charge in [-0.15, -0.1) is 0 Å². The monoisotopic (exact) mass is 442 g/mol. The molecule has 2 N–H and O–H groups in total. The van der Waals surface area contributed by atoms with E-state index in [-0.39, 0.29) is 47.1 Å². The van der Waals surface area contributed by atoms with E-state index in [1.165, 1.54) is 12.1 Å². The van der Waals surface area contributed by atoms with Gasteiger partial charge in [-0.1, -0.05) is 29.8 Å². The summed E-state index contributed by atoms with van der Waals surface area (Å²) in [4.78, 5) is 22.3. The molecule has 1 heterocycles. The molecular weight excluding hydrogens is 425 g/mol. The molecule has 0 fully saturated rings. The Labute approximate surface area is 200 Å². The summed E-state index contributed by atoms with van der Waals surface area (Å²) in [7, 11) is 0. The Kier molecular flexibility index (Phi) is 8.15. The van der Waals surface area contributed by atoms with Crippen LogP contribution in [0, 0.1) is 0 Å². The predicted molar refractivity (Wildman–Crippen MR) is 98.0 cm³/mol. The van der Waals surface area contributed by atoms with Gasteiger partial charge in [-0.05, 0) is 48.7 Å². The van der Waals surface area contributed by atoms with E-state index in [4.69, 9.17) is 21.1 Å². The molecule has 8 nitrogen and oxygen atoms in total. The third-order valence-electron chi connectivity index (χ3n) is 4.49. The van der Waals surface area contributed by atoms with Crippen molar-refractivity contribution in [1.29, 1.82) is 0 Å². The molecule has 0 saturated heterocycles. The Morgan fingerprint density at radius 1 is 1.13 bits per heavy atom. The Morgan fingerprint density at radius 2 is 1.80 bits per heavy atom. The maximum Gasteiger partial charge on any atom is 1.00 e. The number of ether oxygens (including phenoxy) is 2. The summed E-state index contributed by atoms with van der Waals surface area (Å²) in [6.07, 6.45) is -0.234. The quantitative estimate of drug-likeness (QED) is 0.319. The predicted octanol–water partition coefficient (Wildman–Crippen LogP) is -3.43. The molecule has 0 aliphatic carbocycles. The molecule has 2 aromatic rings. The number of carbonyl (C=O) groups excluding carboxylic acids is 2. The summed E-state index contributed by atoms with van der Waals surface area (Å²) in [6, 6.07) is 11.5. The molecule has 0 spiro atoms. The molecule has 3 rings (SSSR count). The number of carbonyl (C=O) groups is 2. The van der Waals surface area contributed by atoms with Crippen molar-refractivity contribution in [2.45, 2.75) is 31.3 Å². The number of benzene rings is 2. The number of fused-ring (bicyclic) bond motifs is 1. The van der Waals surface area contributed by atoms with Crippen molar-refractivity contribution in [3.8, 4) is 11.5 Å². The number of aliphatic carboxylic acids is 2.